The molecule has 1 aliphatic rings. The molecule has 1 aliphatic heterocycles. The second-order valence-corrected chi connectivity index (χ2v) is 6.45. The molecule has 0 unspecified atom stereocenters. The van der Waals surface area contributed by atoms with Gasteiger partial charge in [-0.05, 0) is 30.2 Å². The van der Waals surface area contributed by atoms with E-state index < -0.39 is 0 Å². The molecule has 25 heavy (non-hydrogen) atoms. The maximum Gasteiger partial charge on any atom is 0.321 e. The molecule has 0 aliphatic carbocycles. The average Bonchev–Trinajstić information content (AvgIpc) is 2.88. The van der Waals surface area contributed by atoms with E-state index in [4.69, 9.17) is 4.74 Å². The number of amides is 2. The number of aryl methyl sites for hydroxylation is 1. The molecule has 2 N–H and O–H groups in total. The van der Waals surface area contributed by atoms with Crippen molar-refractivity contribution in [3.8, 4) is 11.1 Å². The van der Waals surface area contributed by atoms with Gasteiger partial charge in [0.05, 0.1) is 13.2 Å². The first-order valence-electron chi connectivity index (χ1n) is 8.57. The van der Waals surface area contributed by atoms with Crippen molar-refractivity contribution in [3.63, 3.8) is 0 Å². The SMILES string of the molecule is Cc1ccc(-c2cccc(NC(=O)N3CCOC[C@@H](CO)C3)c2)cc1. The normalized spacial score (nSPS) is 17.8. The molecule has 0 radical (unpaired) electrons. The molecule has 1 fully saturated rings. The van der Waals surface area contributed by atoms with Gasteiger partial charge in [0, 0.05) is 31.3 Å². The lowest BCUT2D eigenvalue weighted by Crippen LogP contribution is -2.39. The number of ether oxygens (including phenoxy) is 1. The molecule has 0 saturated carbocycles. The van der Waals surface area contributed by atoms with Gasteiger partial charge in [0.15, 0.2) is 0 Å². The van der Waals surface area contributed by atoms with Crippen LogP contribution in [0.2, 0.25) is 0 Å². The maximum atomic E-state index is 12.6. The summed E-state index contributed by atoms with van der Waals surface area (Å²) in [6.07, 6.45) is 0. The third kappa shape index (κ3) is 4.59. The first kappa shape index (κ1) is 17.5. The number of urea groups is 1. The Morgan fingerprint density at radius 2 is 2.04 bits per heavy atom. The molecule has 2 aromatic rings. The molecule has 0 spiro atoms. The monoisotopic (exact) mass is 340 g/mol. The Morgan fingerprint density at radius 1 is 1.24 bits per heavy atom. The first-order chi connectivity index (χ1) is 12.2. The number of aliphatic hydroxyl groups is 1. The minimum Gasteiger partial charge on any atom is -0.396 e. The lowest BCUT2D eigenvalue weighted by molar-refractivity contribution is 0.0958. The number of hydrogen-bond acceptors (Lipinski definition) is 3. The Morgan fingerprint density at radius 3 is 2.80 bits per heavy atom. The molecule has 5 nitrogen and oxygen atoms in total. The molecule has 2 aromatic carbocycles. The van der Waals surface area contributed by atoms with E-state index in [1.807, 2.05) is 24.3 Å². The molecule has 1 saturated heterocycles. The average molecular weight is 340 g/mol. The van der Waals surface area contributed by atoms with E-state index in [1.54, 1.807) is 4.90 Å². The Kier molecular flexibility index (Phi) is 5.68. The van der Waals surface area contributed by atoms with Crippen molar-refractivity contribution in [2.75, 3.05) is 38.2 Å². The number of rotatable bonds is 3. The van der Waals surface area contributed by atoms with Crippen molar-refractivity contribution >= 4 is 11.7 Å². The first-order valence-corrected chi connectivity index (χ1v) is 8.57. The summed E-state index contributed by atoms with van der Waals surface area (Å²) in [6.45, 7) is 4.09. The number of hydrogen-bond donors (Lipinski definition) is 2. The summed E-state index contributed by atoms with van der Waals surface area (Å²) in [5.41, 5.74) is 4.15. The standard InChI is InChI=1S/C20H24N2O3/c1-15-5-7-17(8-6-15)18-3-2-4-19(11-18)21-20(24)22-9-10-25-14-16(12-22)13-23/h2-8,11,16,23H,9-10,12-14H2,1H3,(H,21,24)/t16-/m1/s1. The van der Waals surface area contributed by atoms with Crippen LogP contribution in [0.25, 0.3) is 11.1 Å². The van der Waals surface area contributed by atoms with E-state index in [2.05, 4.69) is 36.5 Å². The predicted octanol–water partition coefficient (Wildman–Crippen LogP) is 3.13. The highest BCUT2D eigenvalue weighted by molar-refractivity contribution is 5.90. The van der Waals surface area contributed by atoms with E-state index in [0.717, 1.165) is 16.8 Å². The van der Waals surface area contributed by atoms with E-state index >= 15 is 0 Å². The number of nitrogens with zero attached hydrogens (tertiary/aromatic N) is 1. The van der Waals surface area contributed by atoms with Crippen LogP contribution in [0.4, 0.5) is 10.5 Å². The van der Waals surface area contributed by atoms with E-state index in [0.29, 0.717) is 26.3 Å². The van der Waals surface area contributed by atoms with Crippen molar-refractivity contribution in [3.05, 3.63) is 54.1 Å². The van der Waals surface area contributed by atoms with Crippen molar-refractivity contribution in [1.82, 2.24) is 4.90 Å². The summed E-state index contributed by atoms with van der Waals surface area (Å²) in [4.78, 5) is 14.3. The molecule has 5 heteroatoms. The summed E-state index contributed by atoms with van der Waals surface area (Å²) in [7, 11) is 0. The van der Waals surface area contributed by atoms with Crippen LogP contribution in [0.1, 0.15) is 5.56 Å². The molecule has 132 valence electrons. The van der Waals surface area contributed by atoms with Gasteiger partial charge in [-0.1, -0.05) is 42.0 Å². The molecule has 1 heterocycles. The van der Waals surface area contributed by atoms with E-state index in [-0.39, 0.29) is 18.6 Å². The van der Waals surface area contributed by atoms with Gasteiger partial charge in [0.1, 0.15) is 0 Å². The van der Waals surface area contributed by atoms with Crippen molar-refractivity contribution < 1.29 is 14.6 Å². The van der Waals surface area contributed by atoms with Crippen LogP contribution in [0.3, 0.4) is 0 Å². The van der Waals surface area contributed by atoms with E-state index in [9.17, 15) is 9.90 Å². The highest BCUT2D eigenvalue weighted by atomic mass is 16.5. The van der Waals surface area contributed by atoms with Crippen molar-refractivity contribution in [2.45, 2.75) is 6.92 Å². The van der Waals surface area contributed by atoms with E-state index in [1.165, 1.54) is 5.56 Å². The molecule has 0 bridgehead atoms. The van der Waals surface area contributed by atoms with Crippen LogP contribution in [-0.2, 0) is 4.74 Å². The Balaban J connectivity index is 1.71. The van der Waals surface area contributed by atoms with Gasteiger partial charge in [-0.2, -0.15) is 0 Å². The van der Waals surface area contributed by atoms with Crippen LogP contribution in [0.15, 0.2) is 48.5 Å². The maximum absolute atomic E-state index is 12.6. The van der Waals surface area contributed by atoms with Gasteiger partial charge >= 0.3 is 6.03 Å². The van der Waals surface area contributed by atoms with Gasteiger partial charge in [0.2, 0.25) is 0 Å². The fourth-order valence-corrected chi connectivity index (χ4v) is 2.90. The fourth-order valence-electron chi connectivity index (χ4n) is 2.90. The molecule has 0 aromatic heterocycles. The number of nitrogens with one attached hydrogen (secondary N) is 1. The zero-order chi connectivity index (χ0) is 17.6. The molecule has 2 amide bonds. The van der Waals surface area contributed by atoms with Crippen LogP contribution in [0.5, 0.6) is 0 Å². The highest BCUT2D eigenvalue weighted by Crippen LogP contribution is 2.23. The van der Waals surface area contributed by atoms with Crippen molar-refractivity contribution in [1.29, 1.82) is 0 Å². The summed E-state index contributed by atoms with van der Waals surface area (Å²) in [5, 5.41) is 12.3. The van der Waals surface area contributed by atoms with Gasteiger partial charge in [0.25, 0.3) is 0 Å². The van der Waals surface area contributed by atoms with Gasteiger partial charge < -0.3 is 20.1 Å². The molecule has 1 atom stereocenters. The molecule has 3 rings (SSSR count). The van der Waals surface area contributed by atoms with Crippen LogP contribution in [0, 0.1) is 12.8 Å². The zero-order valence-electron chi connectivity index (χ0n) is 14.4. The number of aliphatic hydroxyl groups excluding tert-OH is 1. The Labute approximate surface area is 148 Å². The Hall–Kier alpha value is -2.37. The van der Waals surface area contributed by atoms with Crippen LogP contribution < -0.4 is 5.32 Å². The second kappa shape index (κ2) is 8.14. The van der Waals surface area contributed by atoms with Gasteiger partial charge in [-0.25, -0.2) is 4.79 Å². The van der Waals surface area contributed by atoms with Gasteiger partial charge in [-0.3, -0.25) is 0 Å². The largest absolute Gasteiger partial charge is 0.396 e. The zero-order valence-corrected chi connectivity index (χ0v) is 14.4. The Bertz CT molecular complexity index is 715. The lowest BCUT2D eigenvalue weighted by Gasteiger charge is -2.23. The summed E-state index contributed by atoms with van der Waals surface area (Å²) < 4.78 is 5.43. The summed E-state index contributed by atoms with van der Waals surface area (Å²) >= 11 is 0. The minimum absolute atomic E-state index is 0.0205. The third-order valence-electron chi connectivity index (χ3n) is 4.38. The van der Waals surface area contributed by atoms with Gasteiger partial charge in [-0.15, -0.1) is 0 Å². The van der Waals surface area contributed by atoms with Crippen LogP contribution in [-0.4, -0.2) is 48.9 Å². The second-order valence-electron chi connectivity index (χ2n) is 6.45. The minimum atomic E-state index is -0.162. The molecular weight excluding hydrogens is 316 g/mol. The summed E-state index contributed by atoms with van der Waals surface area (Å²) in [6, 6.07) is 16.0. The summed E-state index contributed by atoms with van der Waals surface area (Å²) in [5.74, 6) is -0.0351. The predicted molar refractivity (Wildman–Crippen MR) is 98.6 cm³/mol. The highest BCUT2D eigenvalue weighted by Gasteiger charge is 2.22. The number of benzene rings is 2. The van der Waals surface area contributed by atoms with Crippen molar-refractivity contribution in [2.24, 2.45) is 5.92 Å². The fraction of sp³-hybridized carbons (Fsp3) is 0.350. The smallest absolute Gasteiger partial charge is 0.321 e. The quantitative estimate of drug-likeness (QED) is 0.902. The third-order valence-corrected chi connectivity index (χ3v) is 4.38. The number of carbonyl (C=O) groups excluding carboxylic acids is 1. The lowest BCUT2D eigenvalue weighted by atomic mass is 10.0. The topological polar surface area (TPSA) is 61.8 Å². The molecular formula is C20H24N2O3. The van der Waals surface area contributed by atoms with Crippen LogP contribution >= 0.6 is 0 Å². The number of carbonyl (C=O) groups is 1. The number of anilines is 1.